The summed E-state index contributed by atoms with van der Waals surface area (Å²) in [5.74, 6) is -0.214. The van der Waals surface area contributed by atoms with Crippen molar-refractivity contribution in [1.29, 1.82) is 0 Å². The van der Waals surface area contributed by atoms with Gasteiger partial charge in [-0.15, -0.1) is 22.7 Å². The number of carbonyl (C=O) groups is 2. The van der Waals surface area contributed by atoms with Crippen LogP contribution in [0.5, 0.6) is 0 Å². The van der Waals surface area contributed by atoms with Gasteiger partial charge in [0.15, 0.2) is 0 Å². The number of thiazole rings is 1. The molecule has 0 aliphatic carbocycles. The monoisotopic (exact) mass is 415 g/mol. The van der Waals surface area contributed by atoms with Crippen LogP contribution >= 0.6 is 38.6 Å². The van der Waals surface area contributed by atoms with Crippen LogP contribution in [0, 0.1) is 5.92 Å². The fourth-order valence-electron chi connectivity index (χ4n) is 2.03. The van der Waals surface area contributed by atoms with Crippen LogP contribution in [0.4, 0.5) is 0 Å². The molecule has 2 aromatic rings. The standard InChI is InChI=1S/C15H18BrN3O2S2/c1-8(2)4-10(13(20)17-3)18-14(21)11-7-23-15(19-11)12-5-9(16)6-22-12/h5-8,10H,4H2,1-3H3,(H,17,20)(H,18,21). The number of thiophene rings is 1. The number of hydrogen-bond donors (Lipinski definition) is 2. The Morgan fingerprint density at radius 1 is 1.30 bits per heavy atom. The molecule has 5 nitrogen and oxygen atoms in total. The molecule has 0 fully saturated rings. The zero-order chi connectivity index (χ0) is 17.0. The van der Waals surface area contributed by atoms with Gasteiger partial charge in [-0.05, 0) is 34.3 Å². The molecule has 0 bridgehead atoms. The second-order valence-corrected chi connectivity index (χ2v) is 8.12. The van der Waals surface area contributed by atoms with Gasteiger partial charge in [0.05, 0.1) is 4.88 Å². The van der Waals surface area contributed by atoms with Crippen LogP contribution in [0.1, 0.15) is 30.8 Å². The number of amides is 2. The molecule has 8 heteroatoms. The van der Waals surface area contributed by atoms with Gasteiger partial charge in [-0.25, -0.2) is 4.98 Å². The third-order valence-electron chi connectivity index (χ3n) is 3.09. The number of nitrogens with zero attached hydrogens (tertiary/aromatic N) is 1. The minimum Gasteiger partial charge on any atom is -0.357 e. The third-order valence-corrected chi connectivity index (χ3v) is 5.79. The lowest BCUT2D eigenvalue weighted by Crippen LogP contribution is -2.46. The Kier molecular flexibility index (Phi) is 6.32. The van der Waals surface area contributed by atoms with E-state index in [1.165, 1.54) is 11.3 Å². The molecule has 2 N–H and O–H groups in total. The molecular weight excluding hydrogens is 398 g/mol. The predicted octanol–water partition coefficient (Wildman–Crippen LogP) is 3.52. The van der Waals surface area contributed by atoms with Crippen molar-refractivity contribution in [2.24, 2.45) is 5.92 Å². The van der Waals surface area contributed by atoms with Gasteiger partial charge in [0.1, 0.15) is 16.7 Å². The van der Waals surface area contributed by atoms with Crippen molar-refractivity contribution in [2.45, 2.75) is 26.3 Å². The van der Waals surface area contributed by atoms with Crippen molar-refractivity contribution in [2.75, 3.05) is 7.05 Å². The highest BCUT2D eigenvalue weighted by Crippen LogP contribution is 2.31. The van der Waals surface area contributed by atoms with E-state index in [1.807, 2.05) is 25.3 Å². The summed E-state index contributed by atoms with van der Waals surface area (Å²) in [7, 11) is 1.57. The minimum absolute atomic E-state index is 0.190. The average Bonchev–Trinajstić information content (AvgIpc) is 3.13. The first kappa shape index (κ1) is 18.1. The van der Waals surface area contributed by atoms with Crippen LogP contribution in [0.25, 0.3) is 9.88 Å². The molecule has 0 spiro atoms. The summed E-state index contributed by atoms with van der Waals surface area (Å²) in [5.41, 5.74) is 0.340. The van der Waals surface area contributed by atoms with Crippen molar-refractivity contribution in [3.8, 4) is 9.88 Å². The summed E-state index contributed by atoms with van der Waals surface area (Å²) in [6.07, 6.45) is 0.584. The van der Waals surface area contributed by atoms with Crippen molar-refractivity contribution in [3.63, 3.8) is 0 Å². The summed E-state index contributed by atoms with van der Waals surface area (Å²) in [6, 6.07) is 1.42. The van der Waals surface area contributed by atoms with Gasteiger partial charge in [0, 0.05) is 22.3 Å². The lowest BCUT2D eigenvalue weighted by molar-refractivity contribution is -0.122. The molecule has 0 aliphatic heterocycles. The lowest BCUT2D eigenvalue weighted by Gasteiger charge is -2.18. The molecular formula is C15H18BrN3O2S2. The molecule has 2 rings (SSSR count). The van der Waals surface area contributed by atoms with E-state index >= 15 is 0 Å². The molecule has 2 aromatic heterocycles. The van der Waals surface area contributed by atoms with Crippen LogP contribution in [-0.2, 0) is 4.79 Å². The Hall–Kier alpha value is -1.25. The predicted molar refractivity (Wildman–Crippen MR) is 97.9 cm³/mol. The number of carbonyl (C=O) groups excluding carboxylic acids is 2. The fourth-order valence-corrected chi connectivity index (χ4v) is 4.33. The van der Waals surface area contributed by atoms with Gasteiger partial charge in [-0.1, -0.05) is 13.8 Å². The average molecular weight is 416 g/mol. The maximum Gasteiger partial charge on any atom is 0.271 e. The van der Waals surface area contributed by atoms with Gasteiger partial charge in [0.2, 0.25) is 5.91 Å². The molecule has 2 heterocycles. The Labute approximate surface area is 151 Å². The Bertz CT molecular complexity index is 696. The van der Waals surface area contributed by atoms with Gasteiger partial charge >= 0.3 is 0 Å². The summed E-state index contributed by atoms with van der Waals surface area (Å²) in [5, 5.41) is 9.85. The second kappa shape index (κ2) is 8.03. The van der Waals surface area contributed by atoms with Crippen molar-refractivity contribution >= 4 is 50.4 Å². The van der Waals surface area contributed by atoms with Gasteiger partial charge < -0.3 is 10.6 Å². The number of nitrogens with one attached hydrogen (secondary N) is 2. The van der Waals surface area contributed by atoms with Crippen LogP contribution in [0.15, 0.2) is 21.3 Å². The second-order valence-electron chi connectivity index (χ2n) is 5.44. The Balaban J connectivity index is 2.10. The first-order chi connectivity index (χ1) is 10.9. The normalized spacial score (nSPS) is 12.2. The Morgan fingerprint density at radius 3 is 2.61 bits per heavy atom. The molecule has 2 amide bonds. The zero-order valence-corrected chi connectivity index (χ0v) is 16.3. The zero-order valence-electron chi connectivity index (χ0n) is 13.1. The number of halogens is 1. The van der Waals surface area contributed by atoms with E-state index < -0.39 is 6.04 Å². The first-order valence-electron chi connectivity index (χ1n) is 7.13. The van der Waals surface area contributed by atoms with Crippen LogP contribution in [0.3, 0.4) is 0 Å². The summed E-state index contributed by atoms with van der Waals surface area (Å²) in [4.78, 5) is 29.6. The van der Waals surface area contributed by atoms with E-state index in [-0.39, 0.29) is 11.8 Å². The largest absolute Gasteiger partial charge is 0.357 e. The van der Waals surface area contributed by atoms with Crippen molar-refractivity contribution in [1.82, 2.24) is 15.6 Å². The van der Waals surface area contributed by atoms with Gasteiger partial charge in [-0.3, -0.25) is 9.59 Å². The molecule has 0 saturated carbocycles. The van der Waals surface area contributed by atoms with E-state index in [0.29, 0.717) is 18.0 Å². The summed E-state index contributed by atoms with van der Waals surface area (Å²) < 4.78 is 0.996. The van der Waals surface area contributed by atoms with Crippen molar-refractivity contribution in [3.05, 3.63) is 27.0 Å². The summed E-state index contributed by atoms with van der Waals surface area (Å²) in [6.45, 7) is 4.02. The smallest absolute Gasteiger partial charge is 0.271 e. The molecule has 1 atom stereocenters. The highest BCUT2D eigenvalue weighted by Gasteiger charge is 2.23. The van der Waals surface area contributed by atoms with E-state index in [1.54, 1.807) is 23.8 Å². The molecule has 1 unspecified atom stereocenters. The van der Waals surface area contributed by atoms with Crippen LogP contribution in [0.2, 0.25) is 0 Å². The molecule has 0 radical (unpaired) electrons. The SMILES string of the molecule is CNC(=O)C(CC(C)C)NC(=O)c1csc(-c2cc(Br)cs2)n1. The van der Waals surface area contributed by atoms with E-state index in [2.05, 4.69) is 31.5 Å². The molecule has 23 heavy (non-hydrogen) atoms. The topological polar surface area (TPSA) is 71.1 Å². The van der Waals surface area contributed by atoms with Gasteiger partial charge in [-0.2, -0.15) is 0 Å². The maximum atomic E-state index is 12.4. The number of aromatic nitrogens is 1. The van der Waals surface area contributed by atoms with Crippen LogP contribution < -0.4 is 10.6 Å². The number of likely N-dealkylation sites (N-methyl/N-ethyl adjacent to an activating group) is 1. The van der Waals surface area contributed by atoms with Gasteiger partial charge in [0.25, 0.3) is 5.91 Å². The molecule has 0 aliphatic rings. The van der Waals surface area contributed by atoms with E-state index in [4.69, 9.17) is 0 Å². The first-order valence-corrected chi connectivity index (χ1v) is 9.68. The molecule has 0 saturated heterocycles. The molecule has 124 valence electrons. The van der Waals surface area contributed by atoms with E-state index in [0.717, 1.165) is 14.4 Å². The highest BCUT2D eigenvalue weighted by molar-refractivity contribution is 9.10. The van der Waals surface area contributed by atoms with Crippen molar-refractivity contribution < 1.29 is 9.59 Å². The maximum absolute atomic E-state index is 12.4. The highest BCUT2D eigenvalue weighted by atomic mass is 79.9. The number of rotatable bonds is 6. The quantitative estimate of drug-likeness (QED) is 0.757. The lowest BCUT2D eigenvalue weighted by atomic mass is 10.0. The molecule has 0 aromatic carbocycles. The summed E-state index contributed by atoms with van der Waals surface area (Å²) >= 11 is 6.39. The fraction of sp³-hybridized carbons (Fsp3) is 0.400. The third kappa shape index (κ3) is 4.86. The number of hydrogen-bond acceptors (Lipinski definition) is 5. The van der Waals surface area contributed by atoms with Crippen LogP contribution in [-0.4, -0.2) is 29.9 Å². The van der Waals surface area contributed by atoms with E-state index in [9.17, 15) is 9.59 Å². The Morgan fingerprint density at radius 2 is 2.04 bits per heavy atom. The minimum atomic E-state index is -0.548.